The van der Waals surface area contributed by atoms with Gasteiger partial charge in [0, 0.05) is 10.9 Å². The molecule has 0 aliphatic rings. The number of hydrogen-bond acceptors (Lipinski definition) is 1. The zero-order chi connectivity index (χ0) is 15.1. The van der Waals surface area contributed by atoms with E-state index < -0.39 is 0 Å². The maximum Gasteiger partial charge on any atom is 0.220 e. The summed E-state index contributed by atoms with van der Waals surface area (Å²) in [5, 5.41) is 3.12. The average Bonchev–Trinajstić information content (AvgIpc) is 2.52. The van der Waals surface area contributed by atoms with Gasteiger partial charge in [0.25, 0.3) is 0 Å². The van der Waals surface area contributed by atoms with E-state index in [1.807, 2.05) is 30.3 Å². The van der Waals surface area contributed by atoms with Crippen LogP contribution in [0.3, 0.4) is 0 Å². The zero-order valence-electron chi connectivity index (χ0n) is 12.2. The first-order valence-corrected chi connectivity index (χ1v) is 8.07. The monoisotopic (exact) mass is 345 g/mol. The van der Waals surface area contributed by atoms with Gasteiger partial charge in [-0.3, -0.25) is 4.79 Å². The summed E-state index contributed by atoms with van der Waals surface area (Å²) in [6.45, 7) is 2.09. The number of aryl methyl sites for hydroxylation is 1. The van der Waals surface area contributed by atoms with Gasteiger partial charge in [0.05, 0.1) is 6.04 Å². The van der Waals surface area contributed by atoms with Crippen LogP contribution in [0.5, 0.6) is 0 Å². The van der Waals surface area contributed by atoms with Crippen LogP contribution in [0.25, 0.3) is 0 Å². The van der Waals surface area contributed by atoms with Crippen molar-refractivity contribution in [1.29, 1.82) is 0 Å². The van der Waals surface area contributed by atoms with Crippen LogP contribution in [-0.2, 0) is 11.2 Å². The fourth-order valence-electron chi connectivity index (χ4n) is 2.29. The zero-order valence-corrected chi connectivity index (χ0v) is 13.8. The van der Waals surface area contributed by atoms with Crippen molar-refractivity contribution in [3.05, 3.63) is 70.2 Å². The smallest absolute Gasteiger partial charge is 0.220 e. The first kappa shape index (κ1) is 15.8. The molecule has 0 aromatic heterocycles. The van der Waals surface area contributed by atoms with Gasteiger partial charge < -0.3 is 5.32 Å². The lowest BCUT2D eigenvalue weighted by Crippen LogP contribution is -2.28. The van der Waals surface area contributed by atoms with E-state index in [9.17, 15) is 4.79 Å². The second-order valence-electron chi connectivity index (χ2n) is 5.07. The largest absolute Gasteiger partial charge is 0.349 e. The molecule has 1 amide bonds. The van der Waals surface area contributed by atoms with E-state index in [4.69, 9.17) is 0 Å². The predicted molar refractivity (Wildman–Crippen MR) is 90.1 cm³/mol. The molecule has 2 nitrogen and oxygen atoms in total. The molecule has 0 bridgehead atoms. The third-order valence-corrected chi connectivity index (χ3v) is 4.03. The van der Waals surface area contributed by atoms with Gasteiger partial charge in [-0.15, -0.1) is 0 Å². The third kappa shape index (κ3) is 5.01. The van der Waals surface area contributed by atoms with Crippen molar-refractivity contribution >= 4 is 21.8 Å². The van der Waals surface area contributed by atoms with Crippen LogP contribution in [0.15, 0.2) is 59.1 Å². The predicted octanol–water partition coefficient (Wildman–Crippen LogP) is 4.65. The molecule has 2 aromatic rings. The summed E-state index contributed by atoms with van der Waals surface area (Å²) in [6, 6.07) is 18.3. The minimum absolute atomic E-state index is 0.0846. The molecular weight excluding hydrogens is 326 g/mol. The highest BCUT2D eigenvalue weighted by molar-refractivity contribution is 9.10. The van der Waals surface area contributed by atoms with Gasteiger partial charge in [-0.05, 0) is 36.1 Å². The number of rotatable bonds is 6. The van der Waals surface area contributed by atoms with Crippen LogP contribution in [0.1, 0.15) is 36.9 Å². The molecule has 0 saturated heterocycles. The van der Waals surface area contributed by atoms with E-state index in [-0.39, 0.29) is 11.9 Å². The van der Waals surface area contributed by atoms with Crippen molar-refractivity contribution < 1.29 is 4.79 Å². The van der Waals surface area contributed by atoms with Crippen molar-refractivity contribution in [1.82, 2.24) is 5.32 Å². The quantitative estimate of drug-likeness (QED) is 0.811. The molecule has 0 saturated carbocycles. The van der Waals surface area contributed by atoms with Crippen molar-refractivity contribution in [3.63, 3.8) is 0 Å². The lowest BCUT2D eigenvalue weighted by atomic mass is 10.0. The van der Waals surface area contributed by atoms with Gasteiger partial charge in [0.15, 0.2) is 0 Å². The van der Waals surface area contributed by atoms with Gasteiger partial charge >= 0.3 is 0 Å². The molecule has 0 fully saturated rings. The Morgan fingerprint density at radius 2 is 1.76 bits per heavy atom. The van der Waals surface area contributed by atoms with Crippen LogP contribution in [0.4, 0.5) is 0 Å². The van der Waals surface area contributed by atoms with E-state index in [1.54, 1.807) is 0 Å². The Bertz CT molecular complexity index is 566. The van der Waals surface area contributed by atoms with Crippen LogP contribution < -0.4 is 5.32 Å². The molecular formula is C18H20BrNO. The Labute approximate surface area is 134 Å². The minimum atomic E-state index is 0.0846. The normalized spacial score (nSPS) is 11.9. The number of hydrogen-bond donors (Lipinski definition) is 1. The first-order chi connectivity index (χ1) is 10.2. The summed E-state index contributed by atoms with van der Waals surface area (Å²) < 4.78 is 1.05. The van der Waals surface area contributed by atoms with Crippen LogP contribution >= 0.6 is 15.9 Å². The van der Waals surface area contributed by atoms with Crippen molar-refractivity contribution in [2.24, 2.45) is 0 Å². The molecule has 2 rings (SSSR count). The molecule has 0 unspecified atom stereocenters. The Hall–Kier alpha value is -1.61. The summed E-state index contributed by atoms with van der Waals surface area (Å²) in [7, 11) is 0. The first-order valence-electron chi connectivity index (χ1n) is 7.27. The molecule has 0 radical (unpaired) electrons. The number of benzene rings is 2. The molecule has 0 spiro atoms. The van der Waals surface area contributed by atoms with Crippen molar-refractivity contribution in [3.8, 4) is 0 Å². The summed E-state index contributed by atoms with van der Waals surface area (Å²) in [5.41, 5.74) is 2.35. The number of amides is 1. The Morgan fingerprint density at radius 1 is 1.10 bits per heavy atom. The Morgan fingerprint density at radius 3 is 2.38 bits per heavy atom. The fourth-order valence-corrected chi connectivity index (χ4v) is 2.55. The fraction of sp³-hybridized carbons (Fsp3) is 0.278. The van der Waals surface area contributed by atoms with Gasteiger partial charge in [0.1, 0.15) is 0 Å². The van der Waals surface area contributed by atoms with E-state index >= 15 is 0 Å². The van der Waals surface area contributed by atoms with Gasteiger partial charge in [-0.1, -0.05) is 65.3 Å². The summed E-state index contributed by atoms with van der Waals surface area (Å²) in [6.07, 6.45) is 2.19. The average molecular weight is 346 g/mol. The molecule has 0 aliphatic carbocycles. The highest BCUT2D eigenvalue weighted by Crippen LogP contribution is 2.19. The van der Waals surface area contributed by atoms with Gasteiger partial charge in [-0.25, -0.2) is 0 Å². The highest BCUT2D eigenvalue weighted by Gasteiger charge is 2.12. The summed E-state index contributed by atoms with van der Waals surface area (Å²) in [4.78, 5) is 12.1. The SMILES string of the molecule is CC[C@H](NC(=O)CCc1ccccc1)c1ccc(Br)cc1. The van der Waals surface area contributed by atoms with E-state index in [0.717, 1.165) is 22.9 Å². The maximum atomic E-state index is 12.1. The highest BCUT2D eigenvalue weighted by atomic mass is 79.9. The number of halogens is 1. The number of nitrogens with one attached hydrogen (secondary N) is 1. The lowest BCUT2D eigenvalue weighted by Gasteiger charge is -2.17. The Kier molecular flexibility index (Phi) is 6.00. The molecule has 21 heavy (non-hydrogen) atoms. The molecule has 1 atom stereocenters. The van der Waals surface area contributed by atoms with Gasteiger partial charge in [-0.2, -0.15) is 0 Å². The van der Waals surface area contributed by atoms with E-state index in [1.165, 1.54) is 5.56 Å². The summed E-state index contributed by atoms with van der Waals surface area (Å²) >= 11 is 3.43. The van der Waals surface area contributed by atoms with Crippen molar-refractivity contribution in [2.75, 3.05) is 0 Å². The molecule has 0 heterocycles. The van der Waals surface area contributed by atoms with E-state index in [0.29, 0.717) is 6.42 Å². The maximum absolute atomic E-state index is 12.1. The van der Waals surface area contributed by atoms with Gasteiger partial charge in [0.2, 0.25) is 5.91 Å². The van der Waals surface area contributed by atoms with Crippen LogP contribution in [-0.4, -0.2) is 5.91 Å². The standard InChI is InChI=1S/C18H20BrNO/c1-2-17(15-9-11-16(19)12-10-15)20-18(21)13-8-14-6-4-3-5-7-14/h3-7,9-12,17H,2,8,13H2,1H3,(H,20,21)/t17-/m0/s1. The molecule has 1 N–H and O–H groups in total. The third-order valence-electron chi connectivity index (χ3n) is 3.50. The second-order valence-corrected chi connectivity index (χ2v) is 5.98. The molecule has 3 heteroatoms. The molecule has 0 aliphatic heterocycles. The number of carbonyl (C=O) groups excluding carboxylic acids is 1. The van der Waals surface area contributed by atoms with Crippen LogP contribution in [0, 0.1) is 0 Å². The topological polar surface area (TPSA) is 29.1 Å². The van der Waals surface area contributed by atoms with Crippen LogP contribution in [0.2, 0.25) is 0 Å². The lowest BCUT2D eigenvalue weighted by molar-refractivity contribution is -0.121. The molecule has 2 aromatic carbocycles. The molecule has 110 valence electrons. The minimum Gasteiger partial charge on any atom is -0.349 e. The van der Waals surface area contributed by atoms with E-state index in [2.05, 4.69) is 52.4 Å². The Balaban J connectivity index is 1.89. The second kappa shape index (κ2) is 7.99. The van der Waals surface area contributed by atoms with Crippen molar-refractivity contribution in [2.45, 2.75) is 32.2 Å². The number of carbonyl (C=O) groups is 1. The summed E-state index contributed by atoms with van der Waals surface area (Å²) in [5.74, 6) is 0.105.